The van der Waals surface area contributed by atoms with Crippen molar-refractivity contribution < 1.29 is 18.7 Å². The van der Waals surface area contributed by atoms with E-state index in [-0.39, 0.29) is 5.91 Å². The number of fused-ring (bicyclic) bond motifs is 1. The summed E-state index contributed by atoms with van der Waals surface area (Å²) < 4.78 is 16.9. The van der Waals surface area contributed by atoms with E-state index in [1.165, 1.54) is 0 Å². The number of ether oxygens (including phenoxy) is 2. The van der Waals surface area contributed by atoms with Crippen LogP contribution in [0, 0.1) is 0 Å². The third-order valence-corrected chi connectivity index (χ3v) is 4.62. The maximum absolute atomic E-state index is 12.5. The van der Waals surface area contributed by atoms with Crippen LogP contribution in [0.1, 0.15) is 17.9 Å². The van der Waals surface area contributed by atoms with Crippen molar-refractivity contribution in [2.24, 2.45) is 0 Å². The van der Waals surface area contributed by atoms with E-state index in [0.29, 0.717) is 44.3 Å². The van der Waals surface area contributed by atoms with Gasteiger partial charge in [0.05, 0.1) is 6.20 Å². The molecule has 0 saturated heterocycles. The summed E-state index contributed by atoms with van der Waals surface area (Å²) in [6.07, 6.45) is 2.51. The number of carbonyl (C=O) groups excluding carboxylic acids is 1. The lowest BCUT2D eigenvalue weighted by Crippen LogP contribution is -2.26. The highest BCUT2D eigenvalue weighted by Gasteiger charge is 2.15. The zero-order chi connectivity index (χ0) is 19.3. The standard InChI is InChI=1S/C22H22N2O4/c1-24(15-16-7-8-18-19(13-16)27-12-11-26-18)22(25)10-9-21-23-14-20(28-21)17-5-3-2-4-6-17/h2-8,13-14H,9-12,15H2,1H3. The van der Waals surface area contributed by atoms with Gasteiger partial charge in [-0.1, -0.05) is 36.4 Å². The number of amides is 1. The molecule has 0 saturated carbocycles. The van der Waals surface area contributed by atoms with Gasteiger partial charge in [0.25, 0.3) is 0 Å². The van der Waals surface area contributed by atoms with Crippen LogP contribution in [-0.2, 0) is 17.8 Å². The number of hydrogen-bond donors (Lipinski definition) is 0. The van der Waals surface area contributed by atoms with Gasteiger partial charge < -0.3 is 18.8 Å². The van der Waals surface area contributed by atoms with Crippen LogP contribution in [0.15, 0.2) is 59.1 Å². The maximum Gasteiger partial charge on any atom is 0.223 e. The lowest BCUT2D eigenvalue weighted by atomic mass is 10.1. The molecule has 1 aliphatic rings. The average Bonchev–Trinajstić information content (AvgIpc) is 3.21. The fraction of sp³-hybridized carbons (Fsp3) is 0.273. The third kappa shape index (κ3) is 4.17. The molecule has 2 heterocycles. The molecule has 0 aliphatic carbocycles. The summed E-state index contributed by atoms with van der Waals surface area (Å²) in [5.74, 6) is 2.81. The molecule has 4 rings (SSSR count). The number of carbonyl (C=O) groups is 1. The number of aryl methyl sites for hydroxylation is 1. The van der Waals surface area contributed by atoms with Gasteiger partial charge in [0.1, 0.15) is 13.2 Å². The summed E-state index contributed by atoms with van der Waals surface area (Å²) in [5, 5.41) is 0. The Kier molecular flexibility index (Phi) is 5.28. The highest BCUT2D eigenvalue weighted by molar-refractivity contribution is 5.76. The number of hydrogen-bond acceptors (Lipinski definition) is 5. The minimum atomic E-state index is 0.0364. The van der Waals surface area contributed by atoms with Crippen LogP contribution >= 0.6 is 0 Å². The third-order valence-electron chi connectivity index (χ3n) is 4.62. The molecule has 1 amide bonds. The number of aromatic nitrogens is 1. The number of oxazole rings is 1. The zero-order valence-electron chi connectivity index (χ0n) is 15.8. The van der Waals surface area contributed by atoms with Crippen molar-refractivity contribution in [1.29, 1.82) is 0 Å². The molecule has 1 aromatic heterocycles. The van der Waals surface area contributed by atoms with Gasteiger partial charge in [0.15, 0.2) is 23.1 Å². The fourth-order valence-electron chi connectivity index (χ4n) is 3.11. The Balaban J connectivity index is 1.32. The van der Waals surface area contributed by atoms with Gasteiger partial charge in [0, 0.05) is 32.0 Å². The van der Waals surface area contributed by atoms with Crippen LogP contribution in [0.4, 0.5) is 0 Å². The summed E-state index contributed by atoms with van der Waals surface area (Å²) >= 11 is 0. The molecular weight excluding hydrogens is 356 g/mol. The number of rotatable bonds is 6. The van der Waals surface area contributed by atoms with Crippen molar-refractivity contribution >= 4 is 5.91 Å². The summed E-state index contributed by atoms with van der Waals surface area (Å²) in [6.45, 7) is 1.63. The molecule has 3 aromatic rings. The molecule has 1 aliphatic heterocycles. The maximum atomic E-state index is 12.5. The first kappa shape index (κ1) is 18.1. The highest BCUT2D eigenvalue weighted by Crippen LogP contribution is 2.31. The van der Waals surface area contributed by atoms with Crippen LogP contribution in [0.2, 0.25) is 0 Å². The second kappa shape index (κ2) is 8.17. The van der Waals surface area contributed by atoms with E-state index in [9.17, 15) is 4.79 Å². The van der Waals surface area contributed by atoms with Crippen LogP contribution < -0.4 is 9.47 Å². The predicted octanol–water partition coefficient (Wildman–Crippen LogP) is 3.70. The van der Waals surface area contributed by atoms with E-state index in [1.54, 1.807) is 18.1 Å². The Labute approximate surface area is 163 Å². The Hall–Kier alpha value is -3.28. The Morgan fingerprint density at radius 1 is 1.07 bits per heavy atom. The molecule has 0 radical (unpaired) electrons. The minimum absolute atomic E-state index is 0.0364. The first-order valence-corrected chi connectivity index (χ1v) is 9.31. The Bertz CT molecular complexity index is 952. The van der Waals surface area contributed by atoms with E-state index in [0.717, 1.165) is 22.6 Å². The first-order chi connectivity index (χ1) is 13.7. The molecule has 0 atom stereocenters. The van der Waals surface area contributed by atoms with E-state index < -0.39 is 0 Å². The molecule has 0 unspecified atom stereocenters. The van der Waals surface area contributed by atoms with E-state index >= 15 is 0 Å². The van der Waals surface area contributed by atoms with Crippen LogP contribution in [0.25, 0.3) is 11.3 Å². The van der Waals surface area contributed by atoms with Crippen LogP contribution in [-0.4, -0.2) is 36.1 Å². The van der Waals surface area contributed by atoms with Gasteiger partial charge in [-0.05, 0) is 17.7 Å². The average molecular weight is 378 g/mol. The van der Waals surface area contributed by atoms with Crippen molar-refractivity contribution in [2.75, 3.05) is 20.3 Å². The zero-order valence-corrected chi connectivity index (χ0v) is 15.8. The molecule has 6 nitrogen and oxygen atoms in total. The molecule has 6 heteroatoms. The summed E-state index contributed by atoms with van der Waals surface area (Å²) in [4.78, 5) is 18.5. The van der Waals surface area contributed by atoms with Crippen molar-refractivity contribution in [1.82, 2.24) is 9.88 Å². The monoisotopic (exact) mass is 378 g/mol. The molecule has 0 fully saturated rings. The number of benzene rings is 2. The molecule has 0 bridgehead atoms. The summed E-state index contributed by atoms with van der Waals surface area (Å²) in [7, 11) is 1.80. The topological polar surface area (TPSA) is 64.8 Å². The van der Waals surface area contributed by atoms with Crippen LogP contribution in [0.3, 0.4) is 0 Å². The second-order valence-electron chi connectivity index (χ2n) is 6.71. The minimum Gasteiger partial charge on any atom is -0.486 e. The van der Waals surface area contributed by atoms with Crippen molar-refractivity contribution in [3.05, 3.63) is 66.2 Å². The van der Waals surface area contributed by atoms with Gasteiger partial charge in [-0.15, -0.1) is 0 Å². The SMILES string of the molecule is CN(Cc1ccc2c(c1)OCCO2)C(=O)CCc1ncc(-c2ccccc2)o1. The first-order valence-electron chi connectivity index (χ1n) is 9.31. The molecular formula is C22H22N2O4. The Morgan fingerprint density at radius 2 is 1.86 bits per heavy atom. The fourth-order valence-corrected chi connectivity index (χ4v) is 3.11. The van der Waals surface area contributed by atoms with Gasteiger partial charge in [0.2, 0.25) is 5.91 Å². The predicted molar refractivity (Wildman–Crippen MR) is 104 cm³/mol. The van der Waals surface area contributed by atoms with Gasteiger partial charge in [-0.2, -0.15) is 0 Å². The van der Waals surface area contributed by atoms with E-state index in [4.69, 9.17) is 13.9 Å². The summed E-state index contributed by atoms with van der Waals surface area (Å²) in [6, 6.07) is 15.6. The molecule has 28 heavy (non-hydrogen) atoms. The smallest absolute Gasteiger partial charge is 0.223 e. The lowest BCUT2D eigenvalue weighted by Gasteiger charge is -2.21. The summed E-state index contributed by atoms with van der Waals surface area (Å²) in [5.41, 5.74) is 1.98. The van der Waals surface area contributed by atoms with E-state index in [1.807, 2.05) is 48.5 Å². The second-order valence-corrected chi connectivity index (χ2v) is 6.71. The van der Waals surface area contributed by atoms with E-state index in [2.05, 4.69) is 4.98 Å². The lowest BCUT2D eigenvalue weighted by molar-refractivity contribution is -0.130. The van der Waals surface area contributed by atoms with Crippen molar-refractivity contribution in [3.8, 4) is 22.8 Å². The number of nitrogens with zero attached hydrogens (tertiary/aromatic N) is 2. The highest BCUT2D eigenvalue weighted by atomic mass is 16.6. The van der Waals surface area contributed by atoms with Crippen molar-refractivity contribution in [2.45, 2.75) is 19.4 Å². The van der Waals surface area contributed by atoms with Crippen molar-refractivity contribution in [3.63, 3.8) is 0 Å². The quantitative estimate of drug-likeness (QED) is 0.654. The van der Waals surface area contributed by atoms with Gasteiger partial charge in [-0.25, -0.2) is 4.98 Å². The molecule has 0 N–H and O–H groups in total. The molecule has 0 spiro atoms. The normalized spacial score (nSPS) is 12.6. The van der Waals surface area contributed by atoms with Crippen LogP contribution in [0.5, 0.6) is 11.5 Å². The molecule has 2 aromatic carbocycles. The largest absolute Gasteiger partial charge is 0.486 e. The molecule has 144 valence electrons. The Morgan fingerprint density at radius 3 is 2.68 bits per heavy atom. The van der Waals surface area contributed by atoms with Gasteiger partial charge in [-0.3, -0.25) is 4.79 Å². The van der Waals surface area contributed by atoms with Gasteiger partial charge >= 0.3 is 0 Å².